The summed E-state index contributed by atoms with van der Waals surface area (Å²) >= 11 is 0. The Bertz CT molecular complexity index is 808. The van der Waals surface area contributed by atoms with Gasteiger partial charge in [-0.3, -0.25) is 9.59 Å². The fraction of sp³-hybridized carbons (Fsp3) is 0.400. The van der Waals surface area contributed by atoms with Crippen LogP contribution in [0.4, 0.5) is 0 Å². The Morgan fingerprint density at radius 3 is 2.30 bits per heavy atom. The van der Waals surface area contributed by atoms with Crippen LogP contribution in [0.25, 0.3) is 0 Å². The number of ether oxygens (including phenoxy) is 2. The Balaban J connectivity index is 1.62. The number of carbonyl (C=O) groups is 2. The molecule has 1 fully saturated rings. The van der Waals surface area contributed by atoms with E-state index in [1.165, 1.54) is 6.26 Å². The first-order chi connectivity index (χ1) is 13.0. The molecule has 144 valence electrons. The van der Waals surface area contributed by atoms with Crippen LogP contribution in [0.5, 0.6) is 11.5 Å². The summed E-state index contributed by atoms with van der Waals surface area (Å²) in [7, 11) is 3.20. The van der Waals surface area contributed by atoms with Crippen LogP contribution in [0.3, 0.4) is 0 Å². The fourth-order valence-corrected chi connectivity index (χ4v) is 3.24. The van der Waals surface area contributed by atoms with Gasteiger partial charge >= 0.3 is 0 Å². The summed E-state index contributed by atoms with van der Waals surface area (Å²) in [5.74, 6) is 1.59. The molecule has 1 saturated heterocycles. The van der Waals surface area contributed by atoms with E-state index in [9.17, 15) is 9.59 Å². The van der Waals surface area contributed by atoms with E-state index in [2.05, 4.69) is 0 Å². The van der Waals surface area contributed by atoms with Crippen LogP contribution in [0, 0.1) is 6.92 Å². The molecule has 0 bridgehead atoms. The Labute approximate surface area is 158 Å². The van der Waals surface area contributed by atoms with Gasteiger partial charge in [0.1, 0.15) is 11.5 Å². The van der Waals surface area contributed by atoms with E-state index in [0.29, 0.717) is 37.7 Å². The predicted octanol–water partition coefficient (Wildman–Crippen LogP) is 2.13. The minimum absolute atomic E-state index is 0.00398. The average molecular weight is 372 g/mol. The molecule has 0 aliphatic carbocycles. The molecule has 1 aliphatic rings. The molecule has 2 amide bonds. The Kier molecular flexibility index (Phi) is 5.69. The van der Waals surface area contributed by atoms with Gasteiger partial charge in [-0.15, -0.1) is 0 Å². The molecule has 0 radical (unpaired) electrons. The van der Waals surface area contributed by atoms with Gasteiger partial charge in [0.25, 0.3) is 5.91 Å². The second-order valence-electron chi connectivity index (χ2n) is 6.46. The number of amides is 2. The number of nitrogens with zero attached hydrogens (tertiary/aromatic N) is 2. The quantitative estimate of drug-likeness (QED) is 0.804. The van der Waals surface area contributed by atoms with Gasteiger partial charge in [0.05, 0.1) is 26.9 Å². The Morgan fingerprint density at radius 2 is 1.70 bits per heavy atom. The normalized spacial score (nSPS) is 14.2. The monoisotopic (exact) mass is 372 g/mol. The third-order valence-electron chi connectivity index (χ3n) is 4.79. The number of aryl methyl sites for hydroxylation is 1. The summed E-state index contributed by atoms with van der Waals surface area (Å²) in [5, 5.41) is 0. The molecule has 0 unspecified atom stereocenters. The lowest BCUT2D eigenvalue weighted by Gasteiger charge is -2.34. The van der Waals surface area contributed by atoms with Gasteiger partial charge in [-0.2, -0.15) is 0 Å². The molecule has 0 saturated carbocycles. The van der Waals surface area contributed by atoms with Crippen molar-refractivity contribution in [2.45, 2.75) is 13.3 Å². The van der Waals surface area contributed by atoms with Crippen LogP contribution in [0.2, 0.25) is 0 Å². The predicted molar refractivity (Wildman–Crippen MR) is 99.2 cm³/mol. The van der Waals surface area contributed by atoms with Gasteiger partial charge in [-0.05, 0) is 36.8 Å². The Hall–Kier alpha value is -2.96. The van der Waals surface area contributed by atoms with Crippen molar-refractivity contribution in [2.75, 3.05) is 40.4 Å². The molecule has 2 aromatic rings. The van der Waals surface area contributed by atoms with Crippen molar-refractivity contribution in [1.29, 1.82) is 0 Å². The molecule has 27 heavy (non-hydrogen) atoms. The van der Waals surface area contributed by atoms with E-state index in [0.717, 1.165) is 16.9 Å². The molecule has 2 heterocycles. The van der Waals surface area contributed by atoms with Crippen molar-refractivity contribution in [3.05, 3.63) is 47.4 Å². The SMILES string of the molecule is COc1cc(CC(=O)N2CCN(C(=O)c3ccco3)CC2)c(OC)cc1C. The van der Waals surface area contributed by atoms with E-state index in [1.54, 1.807) is 36.2 Å². The third kappa shape index (κ3) is 4.07. The highest BCUT2D eigenvalue weighted by Gasteiger charge is 2.26. The fourth-order valence-electron chi connectivity index (χ4n) is 3.24. The number of carbonyl (C=O) groups excluding carboxylic acids is 2. The van der Waals surface area contributed by atoms with Crippen molar-refractivity contribution in [3.8, 4) is 11.5 Å². The number of benzene rings is 1. The smallest absolute Gasteiger partial charge is 0.289 e. The second-order valence-corrected chi connectivity index (χ2v) is 6.46. The minimum Gasteiger partial charge on any atom is -0.496 e. The zero-order chi connectivity index (χ0) is 19.4. The summed E-state index contributed by atoms with van der Waals surface area (Å²) in [6, 6.07) is 7.07. The highest BCUT2D eigenvalue weighted by molar-refractivity contribution is 5.91. The molecule has 1 aliphatic heterocycles. The van der Waals surface area contributed by atoms with Gasteiger partial charge < -0.3 is 23.7 Å². The first-order valence-electron chi connectivity index (χ1n) is 8.85. The van der Waals surface area contributed by atoms with Crippen LogP contribution in [-0.4, -0.2) is 62.0 Å². The molecule has 0 N–H and O–H groups in total. The van der Waals surface area contributed by atoms with Gasteiger partial charge in [0.2, 0.25) is 5.91 Å². The molecular weight excluding hydrogens is 348 g/mol. The molecule has 7 heteroatoms. The summed E-state index contributed by atoms with van der Waals surface area (Å²) in [5.41, 5.74) is 1.75. The molecule has 3 rings (SSSR count). The highest BCUT2D eigenvalue weighted by Crippen LogP contribution is 2.29. The zero-order valence-electron chi connectivity index (χ0n) is 15.9. The van der Waals surface area contributed by atoms with Gasteiger partial charge in [0.15, 0.2) is 5.76 Å². The zero-order valence-corrected chi connectivity index (χ0v) is 15.9. The molecule has 0 spiro atoms. The third-order valence-corrected chi connectivity index (χ3v) is 4.79. The van der Waals surface area contributed by atoms with Crippen LogP contribution in [0.15, 0.2) is 34.9 Å². The lowest BCUT2D eigenvalue weighted by molar-refractivity contribution is -0.131. The van der Waals surface area contributed by atoms with Crippen molar-refractivity contribution in [3.63, 3.8) is 0 Å². The number of hydrogen-bond acceptors (Lipinski definition) is 5. The molecular formula is C20H24N2O5. The molecule has 1 aromatic carbocycles. The molecule has 7 nitrogen and oxygen atoms in total. The summed E-state index contributed by atoms with van der Waals surface area (Å²) in [6.07, 6.45) is 1.71. The number of furan rings is 1. The van der Waals surface area contributed by atoms with Crippen molar-refractivity contribution < 1.29 is 23.5 Å². The first-order valence-corrected chi connectivity index (χ1v) is 8.85. The van der Waals surface area contributed by atoms with E-state index >= 15 is 0 Å². The topological polar surface area (TPSA) is 72.2 Å². The van der Waals surface area contributed by atoms with Gasteiger partial charge in [0, 0.05) is 31.7 Å². The van der Waals surface area contributed by atoms with Crippen LogP contribution in [0.1, 0.15) is 21.7 Å². The van der Waals surface area contributed by atoms with E-state index in [-0.39, 0.29) is 18.2 Å². The van der Waals surface area contributed by atoms with Crippen LogP contribution in [-0.2, 0) is 11.2 Å². The maximum atomic E-state index is 12.7. The second kappa shape index (κ2) is 8.16. The number of methoxy groups -OCH3 is 2. The lowest BCUT2D eigenvalue weighted by Crippen LogP contribution is -2.50. The number of hydrogen-bond donors (Lipinski definition) is 0. The minimum atomic E-state index is -0.142. The summed E-state index contributed by atoms with van der Waals surface area (Å²) in [4.78, 5) is 28.5. The summed E-state index contributed by atoms with van der Waals surface area (Å²) < 4.78 is 15.9. The largest absolute Gasteiger partial charge is 0.496 e. The molecule has 1 aromatic heterocycles. The Morgan fingerprint density at radius 1 is 1.04 bits per heavy atom. The average Bonchev–Trinajstić information content (AvgIpc) is 3.23. The molecule has 0 atom stereocenters. The van der Waals surface area contributed by atoms with Crippen molar-refractivity contribution in [2.24, 2.45) is 0 Å². The van der Waals surface area contributed by atoms with E-state index in [4.69, 9.17) is 13.9 Å². The van der Waals surface area contributed by atoms with E-state index in [1.807, 2.05) is 19.1 Å². The van der Waals surface area contributed by atoms with Gasteiger partial charge in [-0.1, -0.05) is 0 Å². The standard InChI is InChI=1S/C20H24N2O5/c1-14-11-18(26-3)15(12-17(14)25-2)13-19(23)21-6-8-22(9-7-21)20(24)16-5-4-10-27-16/h4-5,10-12H,6-9,13H2,1-3H3. The highest BCUT2D eigenvalue weighted by atomic mass is 16.5. The first kappa shape index (κ1) is 18.8. The van der Waals surface area contributed by atoms with Crippen LogP contribution >= 0.6 is 0 Å². The number of piperazine rings is 1. The lowest BCUT2D eigenvalue weighted by atomic mass is 10.1. The number of rotatable bonds is 5. The maximum absolute atomic E-state index is 12.7. The van der Waals surface area contributed by atoms with E-state index < -0.39 is 0 Å². The van der Waals surface area contributed by atoms with Crippen molar-refractivity contribution >= 4 is 11.8 Å². The maximum Gasteiger partial charge on any atom is 0.289 e. The van der Waals surface area contributed by atoms with Crippen LogP contribution < -0.4 is 9.47 Å². The van der Waals surface area contributed by atoms with Crippen molar-refractivity contribution in [1.82, 2.24) is 9.80 Å². The summed E-state index contributed by atoms with van der Waals surface area (Å²) in [6.45, 7) is 3.90. The van der Waals surface area contributed by atoms with Gasteiger partial charge in [-0.25, -0.2) is 0 Å².